The highest BCUT2D eigenvalue weighted by molar-refractivity contribution is 6.03. The fourth-order valence-electron chi connectivity index (χ4n) is 3.07. The molecule has 2 N–H and O–H groups in total. The van der Waals surface area contributed by atoms with E-state index in [1.165, 1.54) is 0 Å². The first-order valence-electron chi connectivity index (χ1n) is 9.86. The zero-order chi connectivity index (χ0) is 21.2. The number of carbonyl (C=O) groups excluding carboxylic acids is 2. The molecule has 5 heteroatoms. The molecular weight excluding hydrogens is 374 g/mol. The third-order valence-corrected chi connectivity index (χ3v) is 4.71. The van der Waals surface area contributed by atoms with Crippen LogP contribution in [0.1, 0.15) is 33.5 Å². The van der Waals surface area contributed by atoms with Crippen molar-refractivity contribution in [1.82, 2.24) is 5.32 Å². The lowest BCUT2D eigenvalue weighted by Crippen LogP contribution is -2.27. The van der Waals surface area contributed by atoms with Gasteiger partial charge in [-0.2, -0.15) is 5.26 Å². The quantitative estimate of drug-likeness (QED) is 0.600. The summed E-state index contributed by atoms with van der Waals surface area (Å²) in [5.74, 6) is -0.377. The Morgan fingerprint density at radius 2 is 1.47 bits per heavy atom. The lowest BCUT2D eigenvalue weighted by molar-refractivity contribution is -0.116. The average molecular weight is 397 g/mol. The summed E-state index contributed by atoms with van der Waals surface area (Å²) in [6.07, 6.45) is 1.59. The molecule has 2 amide bonds. The molecule has 0 saturated heterocycles. The number of rotatable bonds is 8. The minimum atomic E-state index is -0.214. The van der Waals surface area contributed by atoms with Gasteiger partial charge in [0.05, 0.1) is 22.9 Å². The van der Waals surface area contributed by atoms with Crippen LogP contribution in [-0.2, 0) is 17.6 Å². The molecule has 3 aromatic rings. The van der Waals surface area contributed by atoms with Crippen LogP contribution < -0.4 is 10.6 Å². The van der Waals surface area contributed by atoms with Gasteiger partial charge in [0, 0.05) is 13.0 Å². The van der Waals surface area contributed by atoms with Crippen LogP contribution in [0.4, 0.5) is 5.69 Å². The Bertz CT molecular complexity index is 1040. The summed E-state index contributed by atoms with van der Waals surface area (Å²) in [7, 11) is 0. The van der Waals surface area contributed by atoms with Gasteiger partial charge in [-0.1, -0.05) is 54.6 Å². The van der Waals surface area contributed by atoms with Gasteiger partial charge in [0.2, 0.25) is 5.91 Å². The van der Waals surface area contributed by atoms with E-state index in [1.807, 2.05) is 42.5 Å². The highest BCUT2D eigenvalue weighted by Gasteiger charge is 2.13. The van der Waals surface area contributed by atoms with Crippen molar-refractivity contribution in [3.05, 3.63) is 101 Å². The van der Waals surface area contributed by atoms with Crippen LogP contribution in [0.25, 0.3) is 0 Å². The summed E-state index contributed by atoms with van der Waals surface area (Å²) in [5, 5.41) is 14.6. The summed E-state index contributed by atoms with van der Waals surface area (Å²) in [6.45, 7) is 0.518. The van der Waals surface area contributed by atoms with Gasteiger partial charge in [-0.25, -0.2) is 0 Å². The Labute approximate surface area is 176 Å². The number of anilines is 1. The van der Waals surface area contributed by atoms with Gasteiger partial charge in [-0.05, 0) is 48.2 Å². The molecule has 0 spiro atoms. The van der Waals surface area contributed by atoms with Crippen molar-refractivity contribution in [3.8, 4) is 6.07 Å². The minimum absolute atomic E-state index is 0.163. The molecular formula is C25H23N3O2. The molecule has 3 rings (SSSR count). The van der Waals surface area contributed by atoms with E-state index in [1.54, 1.807) is 36.4 Å². The Morgan fingerprint density at radius 1 is 0.800 bits per heavy atom. The van der Waals surface area contributed by atoms with E-state index in [0.717, 1.165) is 17.5 Å². The molecule has 30 heavy (non-hydrogen) atoms. The van der Waals surface area contributed by atoms with Crippen LogP contribution in [0.15, 0.2) is 78.9 Å². The molecule has 0 aliphatic carbocycles. The van der Waals surface area contributed by atoms with Crippen molar-refractivity contribution in [1.29, 1.82) is 5.26 Å². The highest BCUT2D eigenvalue weighted by atomic mass is 16.2. The predicted molar refractivity (Wildman–Crippen MR) is 117 cm³/mol. The largest absolute Gasteiger partial charge is 0.352 e. The molecule has 0 radical (unpaired) electrons. The standard InChI is InChI=1S/C25H23N3O2/c26-18-21-12-10-20(11-13-21)14-15-24(29)28-23-9-5-4-8-22(23)25(30)27-17-16-19-6-2-1-3-7-19/h1-13H,14-17H2,(H,27,30)(H,28,29). The molecule has 0 fully saturated rings. The van der Waals surface area contributed by atoms with Gasteiger partial charge >= 0.3 is 0 Å². The first-order chi connectivity index (χ1) is 14.7. The molecule has 0 aromatic heterocycles. The first kappa shape index (κ1) is 20.8. The van der Waals surface area contributed by atoms with Gasteiger partial charge in [-0.3, -0.25) is 9.59 Å². The van der Waals surface area contributed by atoms with Crippen molar-refractivity contribution in [3.63, 3.8) is 0 Å². The second kappa shape index (κ2) is 10.6. The molecule has 3 aromatic carbocycles. The van der Waals surface area contributed by atoms with E-state index in [2.05, 4.69) is 16.7 Å². The van der Waals surface area contributed by atoms with E-state index in [9.17, 15) is 9.59 Å². The molecule has 0 heterocycles. The van der Waals surface area contributed by atoms with Crippen LogP contribution in [0.3, 0.4) is 0 Å². The number of aryl methyl sites for hydroxylation is 1. The Kier molecular flexibility index (Phi) is 7.34. The monoisotopic (exact) mass is 397 g/mol. The molecule has 5 nitrogen and oxygen atoms in total. The molecule has 150 valence electrons. The molecule has 0 aliphatic rings. The summed E-state index contributed by atoms with van der Waals surface area (Å²) >= 11 is 0. The van der Waals surface area contributed by atoms with Crippen LogP contribution in [-0.4, -0.2) is 18.4 Å². The predicted octanol–water partition coefficient (Wildman–Crippen LogP) is 4.10. The van der Waals surface area contributed by atoms with Crippen molar-refractivity contribution in [2.45, 2.75) is 19.3 Å². The number of hydrogen-bond donors (Lipinski definition) is 2. The Hall–Kier alpha value is -3.91. The third-order valence-electron chi connectivity index (χ3n) is 4.71. The number of nitriles is 1. The molecule has 0 aliphatic heterocycles. The number of amides is 2. The highest BCUT2D eigenvalue weighted by Crippen LogP contribution is 2.16. The first-order valence-corrected chi connectivity index (χ1v) is 9.86. The van der Waals surface area contributed by atoms with Crippen molar-refractivity contribution in [2.75, 3.05) is 11.9 Å². The SMILES string of the molecule is N#Cc1ccc(CCC(=O)Nc2ccccc2C(=O)NCCc2ccccc2)cc1. The van der Waals surface area contributed by atoms with E-state index in [4.69, 9.17) is 5.26 Å². The van der Waals surface area contributed by atoms with Gasteiger partial charge < -0.3 is 10.6 Å². The van der Waals surface area contributed by atoms with Crippen molar-refractivity contribution in [2.24, 2.45) is 0 Å². The van der Waals surface area contributed by atoms with Crippen LogP contribution in [0, 0.1) is 11.3 Å². The number of nitrogens with one attached hydrogen (secondary N) is 2. The molecule has 0 unspecified atom stereocenters. The van der Waals surface area contributed by atoms with E-state index >= 15 is 0 Å². The number of benzene rings is 3. The number of nitrogens with zero attached hydrogens (tertiary/aromatic N) is 1. The maximum absolute atomic E-state index is 12.6. The molecule has 0 saturated carbocycles. The van der Waals surface area contributed by atoms with Gasteiger partial charge in [0.15, 0.2) is 0 Å². The van der Waals surface area contributed by atoms with Crippen LogP contribution in [0.2, 0.25) is 0 Å². The number of para-hydroxylation sites is 1. The Balaban J connectivity index is 1.53. The van der Waals surface area contributed by atoms with Crippen LogP contribution in [0.5, 0.6) is 0 Å². The lowest BCUT2D eigenvalue weighted by Gasteiger charge is -2.12. The van der Waals surface area contributed by atoms with Gasteiger partial charge in [0.1, 0.15) is 0 Å². The summed E-state index contributed by atoms with van der Waals surface area (Å²) in [4.78, 5) is 25.0. The maximum Gasteiger partial charge on any atom is 0.253 e. The minimum Gasteiger partial charge on any atom is -0.352 e. The van der Waals surface area contributed by atoms with E-state index in [0.29, 0.717) is 29.8 Å². The van der Waals surface area contributed by atoms with E-state index in [-0.39, 0.29) is 18.2 Å². The fraction of sp³-hybridized carbons (Fsp3) is 0.160. The average Bonchev–Trinajstić information content (AvgIpc) is 2.79. The van der Waals surface area contributed by atoms with Gasteiger partial charge in [0.25, 0.3) is 5.91 Å². The number of carbonyl (C=O) groups is 2. The van der Waals surface area contributed by atoms with Crippen molar-refractivity contribution >= 4 is 17.5 Å². The second-order valence-electron chi connectivity index (χ2n) is 6.89. The topological polar surface area (TPSA) is 82.0 Å². The van der Waals surface area contributed by atoms with E-state index < -0.39 is 0 Å². The zero-order valence-electron chi connectivity index (χ0n) is 16.6. The lowest BCUT2D eigenvalue weighted by atomic mass is 10.1. The second-order valence-corrected chi connectivity index (χ2v) is 6.89. The fourth-order valence-corrected chi connectivity index (χ4v) is 3.07. The van der Waals surface area contributed by atoms with Crippen molar-refractivity contribution < 1.29 is 9.59 Å². The Morgan fingerprint density at radius 3 is 2.20 bits per heavy atom. The summed E-state index contributed by atoms with van der Waals surface area (Å²) < 4.78 is 0. The van der Waals surface area contributed by atoms with Gasteiger partial charge in [-0.15, -0.1) is 0 Å². The smallest absolute Gasteiger partial charge is 0.253 e. The summed E-state index contributed by atoms with van der Waals surface area (Å²) in [5.41, 5.74) is 3.67. The number of hydrogen-bond acceptors (Lipinski definition) is 3. The van der Waals surface area contributed by atoms with Crippen LogP contribution >= 0.6 is 0 Å². The maximum atomic E-state index is 12.6. The molecule has 0 bridgehead atoms. The summed E-state index contributed by atoms with van der Waals surface area (Å²) in [6, 6.07) is 26.2. The zero-order valence-corrected chi connectivity index (χ0v) is 16.6. The molecule has 0 atom stereocenters. The third kappa shape index (κ3) is 6.05. The normalized spacial score (nSPS) is 10.1.